The van der Waals surface area contributed by atoms with Gasteiger partial charge in [-0.05, 0) is 60.2 Å². The van der Waals surface area contributed by atoms with Crippen molar-refractivity contribution in [2.24, 2.45) is 0 Å². The summed E-state index contributed by atoms with van der Waals surface area (Å²) >= 11 is 0. The van der Waals surface area contributed by atoms with Crippen molar-refractivity contribution in [3.63, 3.8) is 0 Å². The second kappa shape index (κ2) is 8.93. The number of nitrogens with zero attached hydrogens (tertiary/aromatic N) is 1. The maximum absolute atomic E-state index is 13.6. The molecule has 4 rings (SSSR count). The number of carbonyl (C=O) groups is 1. The molecule has 1 amide bonds. The molecule has 3 aromatic carbocycles. The average Bonchev–Trinajstić information content (AvgIpc) is 2.80. The molecule has 0 saturated heterocycles. The summed E-state index contributed by atoms with van der Waals surface area (Å²) < 4.78 is 5.26. The number of carbonyl (C=O) groups excluding carboxylic acids is 1. The lowest BCUT2D eigenvalue weighted by molar-refractivity contribution is -0.128. The molecule has 4 heteroatoms. The van der Waals surface area contributed by atoms with Gasteiger partial charge >= 0.3 is 0 Å². The zero-order valence-electron chi connectivity index (χ0n) is 16.6. The van der Waals surface area contributed by atoms with Crippen LogP contribution in [-0.2, 0) is 22.7 Å². The number of amides is 1. The van der Waals surface area contributed by atoms with E-state index >= 15 is 0 Å². The molecule has 0 heterocycles. The van der Waals surface area contributed by atoms with Crippen LogP contribution in [0, 0.1) is 0 Å². The number of benzene rings is 3. The molecule has 0 radical (unpaired) electrons. The lowest BCUT2D eigenvalue weighted by Crippen LogP contribution is -2.36. The van der Waals surface area contributed by atoms with Crippen molar-refractivity contribution in [2.45, 2.75) is 31.8 Å². The van der Waals surface area contributed by atoms with E-state index in [2.05, 4.69) is 12.1 Å². The maximum Gasteiger partial charge on any atom is 0.258 e. The first-order valence-electron chi connectivity index (χ1n) is 9.99. The van der Waals surface area contributed by atoms with E-state index in [-0.39, 0.29) is 11.8 Å². The highest BCUT2D eigenvalue weighted by atomic mass is 16.7. The normalized spacial score (nSPS) is 15.4. The van der Waals surface area contributed by atoms with E-state index in [0.717, 1.165) is 36.1 Å². The van der Waals surface area contributed by atoms with Gasteiger partial charge in [-0.1, -0.05) is 54.6 Å². The van der Waals surface area contributed by atoms with Gasteiger partial charge in [-0.25, -0.2) is 0 Å². The summed E-state index contributed by atoms with van der Waals surface area (Å²) in [4.78, 5) is 19.7. The number of hydrogen-bond donors (Lipinski definition) is 0. The first-order valence-corrected chi connectivity index (χ1v) is 9.99. The van der Waals surface area contributed by atoms with Gasteiger partial charge in [-0.2, -0.15) is 5.06 Å². The van der Waals surface area contributed by atoms with Crippen molar-refractivity contribution in [1.29, 1.82) is 0 Å². The van der Waals surface area contributed by atoms with Gasteiger partial charge in [0, 0.05) is 0 Å². The van der Waals surface area contributed by atoms with Crippen LogP contribution in [0.2, 0.25) is 0 Å². The molecule has 1 aliphatic rings. The zero-order chi connectivity index (χ0) is 20.1. The lowest BCUT2D eigenvalue weighted by Gasteiger charge is -2.30. The van der Waals surface area contributed by atoms with Gasteiger partial charge in [-0.15, -0.1) is 0 Å². The number of hydrogen-bond acceptors (Lipinski definition) is 3. The summed E-state index contributed by atoms with van der Waals surface area (Å²) in [6, 6.07) is 25.5. The third kappa shape index (κ3) is 4.33. The number of fused-ring (bicyclic) bond motifs is 1. The van der Waals surface area contributed by atoms with E-state index in [1.54, 1.807) is 7.11 Å². The van der Waals surface area contributed by atoms with Crippen molar-refractivity contribution in [1.82, 2.24) is 0 Å². The first-order chi connectivity index (χ1) is 14.3. The molecule has 0 fully saturated rings. The Kier molecular flexibility index (Phi) is 5.92. The van der Waals surface area contributed by atoms with Crippen LogP contribution in [0.1, 0.15) is 35.4 Å². The molecule has 1 atom stereocenters. The first kappa shape index (κ1) is 19.2. The fourth-order valence-electron chi connectivity index (χ4n) is 3.85. The predicted molar refractivity (Wildman–Crippen MR) is 114 cm³/mol. The molecule has 0 saturated carbocycles. The smallest absolute Gasteiger partial charge is 0.258 e. The summed E-state index contributed by atoms with van der Waals surface area (Å²) in [6.45, 7) is 0.326. The van der Waals surface area contributed by atoms with Crippen molar-refractivity contribution < 1.29 is 14.4 Å². The zero-order valence-corrected chi connectivity index (χ0v) is 16.6. The van der Waals surface area contributed by atoms with Crippen LogP contribution in [0.5, 0.6) is 5.75 Å². The predicted octanol–water partition coefficient (Wildman–Crippen LogP) is 5.28. The second-order valence-electron chi connectivity index (χ2n) is 7.23. The Morgan fingerprint density at radius 3 is 2.45 bits per heavy atom. The third-order valence-electron chi connectivity index (χ3n) is 5.38. The van der Waals surface area contributed by atoms with Gasteiger partial charge in [0.1, 0.15) is 12.4 Å². The van der Waals surface area contributed by atoms with Gasteiger partial charge in [0.2, 0.25) is 0 Å². The standard InChI is InChI=1S/C25H25NO3/c1-28-22-16-14-21(15-17-22)26(29-18-19-8-3-2-4-9-19)25(27)24-13-7-11-20-10-5-6-12-23(20)24/h2-6,8-10,12,14-17,24H,7,11,13,18H2,1H3. The highest BCUT2D eigenvalue weighted by molar-refractivity contribution is 5.96. The molecule has 0 aromatic heterocycles. The number of hydroxylamine groups is 1. The Morgan fingerprint density at radius 1 is 0.966 bits per heavy atom. The van der Waals surface area contributed by atoms with E-state index in [0.29, 0.717) is 12.3 Å². The number of rotatable bonds is 6. The van der Waals surface area contributed by atoms with Crippen molar-refractivity contribution in [3.05, 3.63) is 95.6 Å². The average molecular weight is 387 g/mol. The molecular weight excluding hydrogens is 362 g/mol. The number of anilines is 1. The van der Waals surface area contributed by atoms with Gasteiger partial charge in [0.25, 0.3) is 5.91 Å². The highest BCUT2D eigenvalue weighted by Crippen LogP contribution is 2.34. The monoisotopic (exact) mass is 387 g/mol. The van der Waals surface area contributed by atoms with E-state index in [1.165, 1.54) is 10.6 Å². The third-order valence-corrected chi connectivity index (χ3v) is 5.38. The Labute approximate surface area is 171 Å². The van der Waals surface area contributed by atoms with E-state index < -0.39 is 0 Å². The number of methoxy groups -OCH3 is 1. The molecule has 0 aliphatic heterocycles. The topological polar surface area (TPSA) is 38.8 Å². The van der Waals surface area contributed by atoms with Gasteiger partial charge in [0.05, 0.1) is 18.7 Å². The van der Waals surface area contributed by atoms with E-state index in [4.69, 9.17) is 9.57 Å². The quantitative estimate of drug-likeness (QED) is 0.540. The minimum absolute atomic E-state index is 0.0294. The maximum atomic E-state index is 13.6. The van der Waals surface area contributed by atoms with Gasteiger partial charge < -0.3 is 4.74 Å². The lowest BCUT2D eigenvalue weighted by atomic mass is 9.82. The molecule has 3 aromatic rings. The molecule has 0 N–H and O–H groups in total. The minimum atomic E-state index is -0.196. The Bertz CT molecular complexity index is 953. The molecule has 1 unspecified atom stereocenters. The van der Waals surface area contributed by atoms with Crippen molar-refractivity contribution >= 4 is 11.6 Å². The SMILES string of the molecule is COc1ccc(N(OCc2ccccc2)C(=O)C2CCCc3ccccc32)cc1. The van der Waals surface area contributed by atoms with Gasteiger partial charge in [-0.3, -0.25) is 9.63 Å². The molecular formula is C25H25NO3. The Hall–Kier alpha value is -3.11. The molecule has 29 heavy (non-hydrogen) atoms. The molecule has 0 bridgehead atoms. The Morgan fingerprint density at radius 2 is 1.69 bits per heavy atom. The summed E-state index contributed by atoms with van der Waals surface area (Å²) in [5, 5.41) is 1.46. The van der Waals surface area contributed by atoms with E-state index in [9.17, 15) is 4.79 Å². The molecule has 148 valence electrons. The van der Waals surface area contributed by atoms with Crippen LogP contribution in [0.3, 0.4) is 0 Å². The van der Waals surface area contributed by atoms with Gasteiger partial charge in [0.15, 0.2) is 0 Å². The largest absolute Gasteiger partial charge is 0.497 e. The van der Waals surface area contributed by atoms with Crippen molar-refractivity contribution in [3.8, 4) is 5.75 Å². The van der Waals surface area contributed by atoms with Crippen LogP contribution in [0.15, 0.2) is 78.9 Å². The summed E-state index contributed by atoms with van der Waals surface area (Å²) in [5.74, 6) is 0.517. The highest BCUT2D eigenvalue weighted by Gasteiger charge is 2.31. The summed E-state index contributed by atoms with van der Waals surface area (Å²) in [7, 11) is 1.63. The van der Waals surface area contributed by atoms with Crippen LogP contribution < -0.4 is 9.80 Å². The molecule has 4 nitrogen and oxygen atoms in total. The fraction of sp³-hybridized carbons (Fsp3) is 0.240. The molecule has 1 aliphatic carbocycles. The number of aryl methyl sites for hydroxylation is 1. The van der Waals surface area contributed by atoms with Crippen LogP contribution in [0.4, 0.5) is 5.69 Å². The van der Waals surface area contributed by atoms with Crippen LogP contribution >= 0.6 is 0 Å². The van der Waals surface area contributed by atoms with E-state index in [1.807, 2.05) is 66.7 Å². The van der Waals surface area contributed by atoms with Crippen LogP contribution in [-0.4, -0.2) is 13.0 Å². The minimum Gasteiger partial charge on any atom is -0.497 e. The number of ether oxygens (including phenoxy) is 1. The molecule has 0 spiro atoms. The fourth-order valence-corrected chi connectivity index (χ4v) is 3.85. The second-order valence-corrected chi connectivity index (χ2v) is 7.23. The Balaban J connectivity index is 1.63. The summed E-state index contributed by atoms with van der Waals surface area (Å²) in [6.07, 6.45) is 2.85. The summed E-state index contributed by atoms with van der Waals surface area (Å²) in [5.41, 5.74) is 4.10. The van der Waals surface area contributed by atoms with Crippen LogP contribution in [0.25, 0.3) is 0 Å². The van der Waals surface area contributed by atoms with Crippen molar-refractivity contribution in [2.75, 3.05) is 12.2 Å².